The third-order valence-corrected chi connectivity index (χ3v) is 3.29. The zero-order valence-corrected chi connectivity index (χ0v) is 16.5. The number of esters is 2. The summed E-state index contributed by atoms with van der Waals surface area (Å²) in [4.78, 5) is 48.6. The van der Waals surface area contributed by atoms with Gasteiger partial charge in [0, 0.05) is 13.1 Å². The van der Waals surface area contributed by atoms with E-state index in [1.165, 1.54) is 0 Å². The van der Waals surface area contributed by atoms with Crippen LogP contribution in [0.5, 0.6) is 0 Å². The maximum absolute atomic E-state index is 12.6. The van der Waals surface area contributed by atoms with E-state index < -0.39 is 47.3 Å². The van der Waals surface area contributed by atoms with E-state index in [0.29, 0.717) is 0 Å². The Hall–Kier alpha value is -2.20. The highest BCUT2D eigenvalue weighted by molar-refractivity contribution is 6.30. The summed E-state index contributed by atoms with van der Waals surface area (Å²) in [5.74, 6) is -4.98. The predicted octanol–water partition coefficient (Wildman–Crippen LogP) is -0.102. The quantitative estimate of drug-likeness (QED) is 0.489. The van der Waals surface area contributed by atoms with Crippen LogP contribution >= 0.6 is 0 Å². The zero-order chi connectivity index (χ0) is 21.0. The monoisotopic (exact) mass is 388 g/mol. The molecular formula is C17H28N2O8. The van der Waals surface area contributed by atoms with Gasteiger partial charge in [-0.05, 0) is 41.5 Å². The number of ether oxygens (including phenoxy) is 3. The van der Waals surface area contributed by atoms with Crippen molar-refractivity contribution < 1.29 is 38.5 Å². The number of carbonyl (C=O) groups is 4. The van der Waals surface area contributed by atoms with E-state index in [1.807, 2.05) is 20.8 Å². The number of hydrogen-bond donors (Lipinski definition) is 2. The highest BCUT2D eigenvalue weighted by Gasteiger charge is 2.40. The minimum atomic E-state index is -1.93. The molecule has 1 fully saturated rings. The molecule has 0 bridgehead atoms. The van der Waals surface area contributed by atoms with Crippen molar-refractivity contribution in [1.29, 1.82) is 0 Å². The third kappa shape index (κ3) is 7.51. The first-order valence-corrected chi connectivity index (χ1v) is 8.56. The van der Waals surface area contributed by atoms with E-state index in [-0.39, 0.29) is 19.7 Å². The van der Waals surface area contributed by atoms with Gasteiger partial charge in [0.2, 0.25) is 5.91 Å². The summed E-state index contributed by atoms with van der Waals surface area (Å²) in [5.41, 5.74) is -1.44. The molecule has 0 saturated carbocycles. The normalized spacial score (nSPS) is 19.4. The van der Waals surface area contributed by atoms with Gasteiger partial charge in [-0.3, -0.25) is 9.69 Å². The van der Waals surface area contributed by atoms with Crippen molar-refractivity contribution in [2.24, 2.45) is 0 Å². The second-order valence-corrected chi connectivity index (χ2v) is 8.06. The van der Waals surface area contributed by atoms with Crippen molar-refractivity contribution in [3.63, 3.8) is 0 Å². The number of hydrogen-bond acceptors (Lipinski definition) is 8. The molecule has 0 aromatic rings. The number of amides is 1. The minimum Gasteiger partial charge on any atom is -0.477 e. The van der Waals surface area contributed by atoms with E-state index in [4.69, 9.17) is 14.2 Å². The molecule has 27 heavy (non-hydrogen) atoms. The lowest BCUT2D eigenvalue weighted by molar-refractivity contribution is -0.192. The van der Waals surface area contributed by atoms with Crippen LogP contribution in [0.4, 0.5) is 0 Å². The van der Waals surface area contributed by atoms with Crippen LogP contribution < -0.4 is 5.32 Å². The van der Waals surface area contributed by atoms with E-state index in [0.717, 1.165) is 4.90 Å². The number of carboxylic acids is 1. The SMILES string of the molecule is CC(C)(C)OC[C@@H]1NCCN(C(OC(=O)C(=O)OC(C)(C)C)C(=O)O)C1=O. The van der Waals surface area contributed by atoms with Gasteiger partial charge in [-0.2, -0.15) is 0 Å². The van der Waals surface area contributed by atoms with Gasteiger partial charge in [0.25, 0.3) is 6.23 Å². The summed E-state index contributed by atoms with van der Waals surface area (Å²) < 4.78 is 15.2. The Morgan fingerprint density at radius 2 is 1.74 bits per heavy atom. The molecule has 10 nitrogen and oxygen atoms in total. The molecule has 0 aromatic heterocycles. The van der Waals surface area contributed by atoms with Gasteiger partial charge in [-0.25, -0.2) is 14.4 Å². The van der Waals surface area contributed by atoms with Crippen molar-refractivity contribution in [1.82, 2.24) is 10.2 Å². The molecular weight excluding hydrogens is 360 g/mol. The average molecular weight is 388 g/mol. The maximum atomic E-state index is 12.6. The fourth-order valence-electron chi connectivity index (χ4n) is 2.17. The van der Waals surface area contributed by atoms with E-state index in [2.05, 4.69) is 5.32 Å². The van der Waals surface area contributed by atoms with Crippen molar-refractivity contribution in [2.45, 2.75) is 65.0 Å². The molecule has 154 valence electrons. The van der Waals surface area contributed by atoms with Crippen LogP contribution in [0.2, 0.25) is 0 Å². The van der Waals surface area contributed by atoms with Gasteiger partial charge in [0.15, 0.2) is 0 Å². The van der Waals surface area contributed by atoms with E-state index in [1.54, 1.807) is 20.8 Å². The Morgan fingerprint density at radius 3 is 2.22 bits per heavy atom. The van der Waals surface area contributed by atoms with Crippen molar-refractivity contribution in [2.75, 3.05) is 19.7 Å². The topological polar surface area (TPSA) is 131 Å². The number of carboxylic acid groups (broad SMARTS) is 1. The largest absolute Gasteiger partial charge is 0.477 e. The van der Waals surface area contributed by atoms with Gasteiger partial charge >= 0.3 is 17.9 Å². The molecule has 2 atom stereocenters. The summed E-state index contributed by atoms with van der Waals surface area (Å²) in [5, 5.41) is 12.3. The third-order valence-electron chi connectivity index (χ3n) is 3.29. The molecule has 2 N–H and O–H groups in total. The summed E-state index contributed by atoms with van der Waals surface area (Å²) >= 11 is 0. The first-order valence-electron chi connectivity index (χ1n) is 8.56. The average Bonchev–Trinajstić information content (AvgIpc) is 2.49. The highest BCUT2D eigenvalue weighted by atomic mass is 16.6. The second-order valence-electron chi connectivity index (χ2n) is 8.06. The van der Waals surface area contributed by atoms with Crippen LogP contribution in [0.1, 0.15) is 41.5 Å². The molecule has 1 amide bonds. The van der Waals surface area contributed by atoms with Gasteiger partial charge in [0.05, 0.1) is 12.2 Å². The molecule has 0 aromatic carbocycles. The zero-order valence-electron chi connectivity index (χ0n) is 16.5. The van der Waals surface area contributed by atoms with E-state index >= 15 is 0 Å². The smallest absolute Gasteiger partial charge is 0.419 e. The van der Waals surface area contributed by atoms with Gasteiger partial charge in [-0.1, -0.05) is 0 Å². The van der Waals surface area contributed by atoms with Crippen LogP contribution in [-0.2, 0) is 33.4 Å². The standard InChI is InChI=1S/C17H28N2O8/c1-16(2,3)25-9-10-11(20)19(8-7-18-10)12(13(21)22)26-14(23)15(24)27-17(4,5)6/h10,12,18H,7-9H2,1-6H3,(H,21,22)/t10-,12?/m0/s1. The summed E-state index contributed by atoms with van der Waals surface area (Å²) in [6.07, 6.45) is -1.93. The molecule has 1 aliphatic heterocycles. The molecule has 0 radical (unpaired) electrons. The molecule has 1 heterocycles. The van der Waals surface area contributed by atoms with Crippen LogP contribution in [0, 0.1) is 0 Å². The lowest BCUT2D eigenvalue weighted by atomic mass is 10.1. The maximum Gasteiger partial charge on any atom is 0.419 e. The van der Waals surface area contributed by atoms with Crippen LogP contribution in [0.15, 0.2) is 0 Å². The van der Waals surface area contributed by atoms with Gasteiger partial charge in [0.1, 0.15) is 11.6 Å². The summed E-state index contributed by atoms with van der Waals surface area (Å²) in [7, 11) is 0. The molecule has 1 aliphatic rings. The van der Waals surface area contributed by atoms with Crippen molar-refractivity contribution in [3.05, 3.63) is 0 Å². The Balaban J connectivity index is 2.84. The lowest BCUT2D eigenvalue weighted by Gasteiger charge is -2.36. The van der Waals surface area contributed by atoms with Crippen molar-refractivity contribution in [3.8, 4) is 0 Å². The van der Waals surface area contributed by atoms with Gasteiger partial charge in [-0.15, -0.1) is 0 Å². The molecule has 0 aliphatic carbocycles. The first kappa shape index (κ1) is 22.8. The Kier molecular flexibility index (Phi) is 7.32. The van der Waals surface area contributed by atoms with Crippen LogP contribution in [0.25, 0.3) is 0 Å². The fraction of sp³-hybridized carbons (Fsp3) is 0.765. The van der Waals surface area contributed by atoms with E-state index in [9.17, 15) is 24.3 Å². The molecule has 1 saturated heterocycles. The number of nitrogens with zero attached hydrogens (tertiary/aromatic N) is 1. The number of aliphatic carboxylic acids is 1. The fourth-order valence-corrected chi connectivity index (χ4v) is 2.17. The predicted molar refractivity (Wildman–Crippen MR) is 92.6 cm³/mol. The highest BCUT2D eigenvalue weighted by Crippen LogP contribution is 2.14. The molecule has 0 spiro atoms. The Bertz CT molecular complexity index is 591. The molecule has 1 rings (SSSR count). The van der Waals surface area contributed by atoms with Gasteiger partial charge < -0.3 is 24.6 Å². The Morgan fingerprint density at radius 1 is 1.15 bits per heavy atom. The van der Waals surface area contributed by atoms with Crippen LogP contribution in [-0.4, -0.2) is 77.0 Å². The molecule has 10 heteroatoms. The number of nitrogens with one attached hydrogen (secondary N) is 1. The second kappa shape index (κ2) is 8.66. The Labute approximate surface area is 158 Å². The first-order chi connectivity index (χ1) is 12.2. The summed E-state index contributed by atoms with van der Waals surface area (Å²) in [6, 6.07) is -0.792. The number of rotatable bonds is 5. The minimum absolute atomic E-state index is 0.0105. The number of carbonyl (C=O) groups excluding carboxylic acids is 3. The lowest BCUT2D eigenvalue weighted by Crippen LogP contribution is -2.62. The van der Waals surface area contributed by atoms with Crippen molar-refractivity contribution >= 4 is 23.8 Å². The summed E-state index contributed by atoms with van der Waals surface area (Å²) in [6.45, 7) is 10.4. The molecule has 1 unspecified atom stereocenters. The number of piperazine rings is 1. The van der Waals surface area contributed by atoms with Crippen LogP contribution in [0.3, 0.4) is 0 Å².